The van der Waals surface area contributed by atoms with Crippen LogP contribution in [0.5, 0.6) is 0 Å². The standard InChI is InChI=1S/C24H41N3O4/c1-23(2,3)24(11-5-4-6-12-24)13-7-8-18(16-21(28)29)22-26-20(27-31-22)17-25-19-9-14-30-15-10-19/h18-19,25H,4-17H2,1-3H3,(H,28,29)/t18-/m1/s1. The van der Waals surface area contributed by atoms with Crippen molar-refractivity contribution in [3.63, 3.8) is 0 Å². The lowest BCUT2D eigenvalue weighted by Crippen LogP contribution is -2.37. The van der Waals surface area contributed by atoms with Gasteiger partial charge in [-0.2, -0.15) is 4.98 Å². The van der Waals surface area contributed by atoms with Gasteiger partial charge < -0.3 is 19.7 Å². The van der Waals surface area contributed by atoms with Gasteiger partial charge in [-0.3, -0.25) is 4.79 Å². The van der Waals surface area contributed by atoms with E-state index in [4.69, 9.17) is 9.26 Å². The van der Waals surface area contributed by atoms with Gasteiger partial charge in [0.2, 0.25) is 5.89 Å². The van der Waals surface area contributed by atoms with Crippen molar-refractivity contribution >= 4 is 5.97 Å². The molecule has 31 heavy (non-hydrogen) atoms. The first-order valence-corrected chi connectivity index (χ1v) is 12.1. The molecule has 2 heterocycles. The van der Waals surface area contributed by atoms with Gasteiger partial charge in [-0.25, -0.2) is 0 Å². The maximum Gasteiger partial charge on any atom is 0.304 e. The van der Waals surface area contributed by atoms with Crippen molar-refractivity contribution in [1.82, 2.24) is 15.5 Å². The van der Waals surface area contributed by atoms with Crippen LogP contribution in [0.3, 0.4) is 0 Å². The van der Waals surface area contributed by atoms with Crippen LogP contribution in [0, 0.1) is 10.8 Å². The second kappa shape index (κ2) is 10.9. The molecule has 3 rings (SSSR count). The SMILES string of the molecule is CC(C)(C)C1(CCC[C@H](CC(=O)O)c2nc(CNC3CCOCC3)no2)CCCCC1. The van der Waals surface area contributed by atoms with Crippen molar-refractivity contribution in [1.29, 1.82) is 0 Å². The number of aromatic nitrogens is 2. The van der Waals surface area contributed by atoms with Gasteiger partial charge in [0.05, 0.1) is 13.0 Å². The summed E-state index contributed by atoms with van der Waals surface area (Å²) in [6.45, 7) is 9.20. The Kier molecular flexibility index (Phi) is 8.50. The van der Waals surface area contributed by atoms with Crippen molar-refractivity contribution in [2.45, 2.75) is 110 Å². The molecule has 1 saturated heterocycles. The summed E-state index contributed by atoms with van der Waals surface area (Å²) >= 11 is 0. The predicted molar refractivity (Wildman–Crippen MR) is 119 cm³/mol. The van der Waals surface area contributed by atoms with Gasteiger partial charge in [0.15, 0.2) is 5.82 Å². The summed E-state index contributed by atoms with van der Waals surface area (Å²) in [5.74, 6) is 0.0469. The van der Waals surface area contributed by atoms with Crippen molar-refractivity contribution < 1.29 is 19.2 Å². The van der Waals surface area contributed by atoms with Crippen LogP contribution in [0.2, 0.25) is 0 Å². The molecule has 0 spiro atoms. The van der Waals surface area contributed by atoms with Gasteiger partial charge in [0.25, 0.3) is 0 Å². The van der Waals surface area contributed by atoms with Crippen LogP contribution in [0.1, 0.15) is 109 Å². The lowest BCUT2D eigenvalue weighted by Gasteiger charge is -2.48. The third kappa shape index (κ3) is 6.75. The van der Waals surface area contributed by atoms with Crippen LogP contribution in [-0.2, 0) is 16.1 Å². The maximum absolute atomic E-state index is 11.5. The Bertz CT molecular complexity index is 685. The second-order valence-electron chi connectivity index (χ2n) is 10.6. The number of carboxylic acids is 1. The first kappa shape index (κ1) is 24.2. The first-order valence-electron chi connectivity index (χ1n) is 12.1. The quantitative estimate of drug-likeness (QED) is 0.530. The summed E-state index contributed by atoms with van der Waals surface area (Å²) in [5, 5.41) is 17.0. The Balaban J connectivity index is 1.57. The summed E-state index contributed by atoms with van der Waals surface area (Å²) in [4.78, 5) is 16.0. The molecule has 1 aromatic heterocycles. The van der Waals surface area contributed by atoms with E-state index >= 15 is 0 Å². The Hall–Kier alpha value is -1.47. The Morgan fingerprint density at radius 3 is 2.58 bits per heavy atom. The number of carbonyl (C=O) groups is 1. The number of hydrogen-bond acceptors (Lipinski definition) is 6. The highest BCUT2D eigenvalue weighted by Crippen LogP contribution is 2.53. The number of aliphatic carboxylic acids is 1. The average molecular weight is 436 g/mol. The summed E-state index contributed by atoms with van der Waals surface area (Å²) in [5.41, 5.74) is 0.621. The smallest absolute Gasteiger partial charge is 0.304 e. The molecule has 2 fully saturated rings. The van der Waals surface area contributed by atoms with Crippen LogP contribution >= 0.6 is 0 Å². The van der Waals surface area contributed by atoms with Crippen LogP contribution in [0.4, 0.5) is 0 Å². The Morgan fingerprint density at radius 1 is 1.23 bits per heavy atom. The molecular formula is C24H41N3O4. The molecule has 176 valence electrons. The van der Waals surface area contributed by atoms with Crippen molar-refractivity contribution in [2.24, 2.45) is 10.8 Å². The molecule has 1 saturated carbocycles. The molecule has 7 nitrogen and oxygen atoms in total. The highest BCUT2D eigenvalue weighted by molar-refractivity contribution is 5.67. The van der Waals surface area contributed by atoms with Crippen LogP contribution < -0.4 is 5.32 Å². The van der Waals surface area contributed by atoms with E-state index in [0.717, 1.165) is 45.3 Å². The zero-order valence-corrected chi connectivity index (χ0v) is 19.6. The summed E-state index contributed by atoms with van der Waals surface area (Å²) in [7, 11) is 0. The second-order valence-corrected chi connectivity index (χ2v) is 10.6. The van der Waals surface area contributed by atoms with E-state index in [1.165, 1.54) is 32.1 Å². The van der Waals surface area contributed by atoms with Crippen LogP contribution in [0.25, 0.3) is 0 Å². The fourth-order valence-electron chi connectivity index (χ4n) is 5.46. The Labute approximate surface area is 186 Å². The third-order valence-corrected chi connectivity index (χ3v) is 7.63. The lowest BCUT2D eigenvalue weighted by molar-refractivity contribution is -0.137. The summed E-state index contributed by atoms with van der Waals surface area (Å²) in [6, 6.07) is 0.412. The third-order valence-electron chi connectivity index (χ3n) is 7.63. The normalized spacial score (nSPS) is 21.1. The van der Waals surface area contributed by atoms with Crippen LogP contribution in [-0.4, -0.2) is 40.5 Å². The first-order chi connectivity index (χ1) is 14.8. The molecule has 1 aliphatic heterocycles. The highest BCUT2D eigenvalue weighted by atomic mass is 16.5. The molecule has 1 aliphatic carbocycles. The molecule has 1 aromatic rings. The number of rotatable bonds is 10. The van der Waals surface area contributed by atoms with E-state index in [2.05, 4.69) is 36.2 Å². The minimum Gasteiger partial charge on any atom is -0.481 e. The molecule has 0 amide bonds. The molecule has 2 N–H and O–H groups in total. The minimum absolute atomic E-state index is 0.0392. The van der Waals surface area contributed by atoms with Gasteiger partial charge in [0, 0.05) is 25.2 Å². The number of nitrogens with one attached hydrogen (secondary N) is 1. The number of nitrogens with zero attached hydrogens (tertiary/aromatic N) is 2. The lowest BCUT2D eigenvalue weighted by atomic mass is 9.57. The molecule has 2 aliphatic rings. The van der Waals surface area contributed by atoms with E-state index in [1.807, 2.05) is 0 Å². The molecule has 0 unspecified atom stereocenters. The van der Waals surface area contributed by atoms with Crippen LogP contribution in [0.15, 0.2) is 4.52 Å². The van der Waals surface area contributed by atoms with E-state index in [0.29, 0.717) is 29.7 Å². The molecular weight excluding hydrogens is 394 g/mol. The summed E-state index contributed by atoms with van der Waals surface area (Å²) < 4.78 is 10.9. The van der Waals surface area contributed by atoms with Crippen molar-refractivity contribution in [3.8, 4) is 0 Å². The van der Waals surface area contributed by atoms with Crippen molar-refractivity contribution in [2.75, 3.05) is 13.2 Å². The molecule has 1 atom stereocenters. The van der Waals surface area contributed by atoms with Gasteiger partial charge in [0.1, 0.15) is 0 Å². The maximum atomic E-state index is 11.5. The largest absolute Gasteiger partial charge is 0.481 e. The number of ether oxygens (including phenoxy) is 1. The molecule has 0 aromatic carbocycles. The molecule has 0 radical (unpaired) electrons. The van der Waals surface area contributed by atoms with Gasteiger partial charge in [-0.05, 0) is 49.4 Å². The molecule has 7 heteroatoms. The van der Waals surface area contributed by atoms with E-state index in [1.54, 1.807) is 0 Å². The summed E-state index contributed by atoms with van der Waals surface area (Å²) in [6.07, 6.45) is 11.4. The Morgan fingerprint density at radius 2 is 1.94 bits per heavy atom. The highest BCUT2D eigenvalue weighted by Gasteiger charge is 2.42. The van der Waals surface area contributed by atoms with Gasteiger partial charge in [-0.1, -0.05) is 51.6 Å². The predicted octanol–water partition coefficient (Wildman–Crippen LogP) is 5.06. The average Bonchev–Trinajstić information content (AvgIpc) is 3.21. The van der Waals surface area contributed by atoms with Crippen molar-refractivity contribution in [3.05, 3.63) is 11.7 Å². The topological polar surface area (TPSA) is 97.5 Å². The van der Waals surface area contributed by atoms with Gasteiger partial charge >= 0.3 is 5.97 Å². The molecule has 0 bridgehead atoms. The fraction of sp³-hybridized carbons (Fsp3) is 0.875. The number of carboxylic acid groups (broad SMARTS) is 1. The fourth-order valence-corrected chi connectivity index (χ4v) is 5.46. The minimum atomic E-state index is -0.812. The number of hydrogen-bond donors (Lipinski definition) is 2. The monoisotopic (exact) mass is 435 g/mol. The van der Waals surface area contributed by atoms with E-state index < -0.39 is 5.97 Å². The van der Waals surface area contributed by atoms with Gasteiger partial charge in [-0.15, -0.1) is 0 Å². The van der Waals surface area contributed by atoms with E-state index in [-0.39, 0.29) is 17.8 Å². The van der Waals surface area contributed by atoms with E-state index in [9.17, 15) is 9.90 Å². The zero-order valence-electron chi connectivity index (χ0n) is 19.6. The zero-order chi connectivity index (χ0) is 22.3.